The number of carbonyl (C=O) groups is 1. The minimum Gasteiger partial charge on any atom is -0.491 e. The smallest absolute Gasteiger partial charge is 0.416 e. The summed E-state index contributed by atoms with van der Waals surface area (Å²) in [5.74, 6) is -0.684. The number of alkyl halides is 3. The normalized spacial score (nSPS) is 17.6. The van der Waals surface area contributed by atoms with Crippen molar-refractivity contribution in [3.8, 4) is 5.75 Å². The van der Waals surface area contributed by atoms with E-state index in [1.165, 1.54) is 17.4 Å². The maximum Gasteiger partial charge on any atom is 0.416 e. The number of likely N-dealkylation sites (N-methyl/N-ethyl adjacent to an activating group) is 1. The van der Waals surface area contributed by atoms with Gasteiger partial charge in [0.25, 0.3) is 5.91 Å². The number of aromatic nitrogens is 1. The molecule has 34 heavy (non-hydrogen) atoms. The highest BCUT2D eigenvalue weighted by Crippen LogP contribution is 2.33. The number of hydrogen-bond acceptors (Lipinski definition) is 5. The Labute approximate surface area is 202 Å². The second kappa shape index (κ2) is 10.6. The molecule has 0 N–H and O–H groups in total. The molecular formula is C24H32F3N3O3S. The molecule has 1 saturated heterocycles. The van der Waals surface area contributed by atoms with Crippen molar-refractivity contribution in [2.45, 2.75) is 57.9 Å². The Hall–Kier alpha value is -2.17. The predicted octanol–water partition coefficient (Wildman–Crippen LogP) is 4.73. The fourth-order valence-corrected chi connectivity index (χ4v) is 4.49. The first-order valence-electron chi connectivity index (χ1n) is 11.2. The zero-order valence-corrected chi connectivity index (χ0v) is 21.1. The molecule has 6 nitrogen and oxygen atoms in total. The van der Waals surface area contributed by atoms with Crippen molar-refractivity contribution in [2.75, 3.05) is 33.9 Å². The van der Waals surface area contributed by atoms with Gasteiger partial charge in [-0.1, -0.05) is 20.8 Å². The summed E-state index contributed by atoms with van der Waals surface area (Å²) in [5.41, 5.74) is -1.29. The van der Waals surface area contributed by atoms with Crippen LogP contribution in [0.15, 0.2) is 29.4 Å². The SMILES string of the molecule is CN(C)CCOc1ccc(C(F)(F)F)cc1C(=O)N=c1sc(C(C)(C)C)cn1C[C@H]1CCCO1. The van der Waals surface area contributed by atoms with Crippen LogP contribution in [-0.4, -0.2) is 55.3 Å². The van der Waals surface area contributed by atoms with Gasteiger partial charge in [0.05, 0.1) is 23.8 Å². The number of thiazole rings is 1. The maximum absolute atomic E-state index is 13.4. The summed E-state index contributed by atoms with van der Waals surface area (Å²) in [7, 11) is 3.71. The Morgan fingerprint density at radius 2 is 2.03 bits per heavy atom. The van der Waals surface area contributed by atoms with Gasteiger partial charge >= 0.3 is 6.18 Å². The van der Waals surface area contributed by atoms with Crippen molar-refractivity contribution in [1.82, 2.24) is 9.47 Å². The summed E-state index contributed by atoms with van der Waals surface area (Å²) in [5, 5.41) is 0. The van der Waals surface area contributed by atoms with E-state index in [0.29, 0.717) is 24.5 Å². The highest BCUT2D eigenvalue weighted by atomic mass is 32.1. The van der Waals surface area contributed by atoms with E-state index in [0.717, 1.165) is 29.9 Å². The minimum atomic E-state index is -4.58. The van der Waals surface area contributed by atoms with Crippen LogP contribution in [0.2, 0.25) is 0 Å². The average Bonchev–Trinajstić information content (AvgIpc) is 3.37. The molecule has 10 heteroatoms. The van der Waals surface area contributed by atoms with Crippen molar-refractivity contribution < 1.29 is 27.4 Å². The number of carbonyl (C=O) groups excluding carboxylic acids is 1. The molecule has 1 aromatic carbocycles. The lowest BCUT2D eigenvalue weighted by atomic mass is 9.95. The third-order valence-electron chi connectivity index (χ3n) is 5.41. The Morgan fingerprint density at radius 1 is 1.29 bits per heavy atom. The van der Waals surface area contributed by atoms with E-state index in [1.807, 2.05) is 29.8 Å². The van der Waals surface area contributed by atoms with Crippen LogP contribution in [0.4, 0.5) is 13.2 Å². The number of nitrogens with zero attached hydrogens (tertiary/aromatic N) is 3. The van der Waals surface area contributed by atoms with Gasteiger partial charge in [-0.05, 0) is 50.6 Å². The molecule has 0 unspecified atom stereocenters. The highest BCUT2D eigenvalue weighted by Gasteiger charge is 2.32. The van der Waals surface area contributed by atoms with Gasteiger partial charge in [0, 0.05) is 24.2 Å². The largest absolute Gasteiger partial charge is 0.491 e. The Morgan fingerprint density at radius 3 is 2.62 bits per heavy atom. The van der Waals surface area contributed by atoms with E-state index in [4.69, 9.17) is 9.47 Å². The maximum atomic E-state index is 13.4. The molecule has 1 aliphatic heterocycles. The molecule has 1 aromatic heterocycles. The van der Waals surface area contributed by atoms with Gasteiger partial charge in [-0.3, -0.25) is 4.79 Å². The second-order valence-corrected chi connectivity index (χ2v) is 10.7. The third-order valence-corrected chi connectivity index (χ3v) is 6.86. The van der Waals surface area contributed by atoms with Crippen molar-refractivity contribution in [3.05, 3.63) is 45.2 Å². The van der Waals surface area contributed by atoms with Gasteiger partial charge in [0.2, 0.25) is 0 Å². The van der Waals surface area contributed by atoms with Crippen LogP contribution in [0.5, 0.6) is 5.75 Å². The zero-order chi connectivity index (χ0) is 25.1. The molecule has 0 saturated carbocycles. The van der Waals surface area contributed by atoms with Gasteiger partial charge in [0.1, 0.15) is 12.4 Å². The molecule has 1 amide bonds. The molecule has 0 spiro atoms. The molecule has 3 rings (SSSR count). The Balaban J connectivity index is 2.01. The van der Waals surface area contributed by atoms with Crippen LogP contribution < -0.4 is 9.54 Å². The molecule has 188 valence electrons. The quantitative estimate of drug-likeness (QED) is 0.553. The summed E-state index contributed by atoms with van der Waals surface area (Å²) in [4.78, 5) is 20.8. The van der Waals surface area contributed by atoms with Crippen LogP contribution in [0.3, 0.4) is 0 Å². The lowest BCUT2D eigenvalue weighted by Crippen LogP contribution is -2.24. The predicted molar refractivity (Wildman–Crippen MR) is 125 cm³/mol. The van der Waals surface area contributed by atoms with Crippen molar-refractivity contribution >= 4 is 17.2 Å². The van der Waals surface area contributed by atoms with E-state index in [9.17, 15) is 18.0 Å². The van der Waals surface area contributed by atoms with Gasteiger partial charge in [-0.2, -0.15) is 18.2 Å². The van der Waals surface area contributed by atoms with Gasteiger partial charge in [0.15, 0.2) is 4.80 Å². The Kier molecular flexibility index (Phi) is 8.26. The number of ether oxygens (including phenoxy) is 2. The molecule has 2 heterocycles. The lowest BCUT2D eigenvalue weighted by molar-refractivity contribution is -0.137. The van der Waals surface area contributed by atoms with E-state index in [2.05, 4.69) is 25.8 Å². The molecule has 1 fully saturated rings. The molecule has 1 aliphatic rings. The van der Waals surface area contributed by atoms with Crippen LogP contribution in [0.1, 0.15) is 54.4 Å². The minimum absolute atomic E-state index is 0.0231. The number of amides is 1. The molecule has 1 atom stereocenters. The number of halogens is 3. The monoisotopic (exact) mass is 499 g/mol. The first kappa shape index (κ1) is 26.4. The van der Waals surface area contributed by atoms with Gasteiger partial charge < -0.3 is 18.9 Å². The second-order valence-electron chi connectivity index (χ2n) is 9.69. The molecule has 0 radical (unpaired) electrons. The standard InChI is InChI=1S/C24H32F3N3O3S/c1-23(2,3)20-15-30(14-17-7-6-11-32-17)22(34-20)28-21(31)18-13-16(24(25,26)27)8-9-19(18)33-12-10-29(4)5/h8-9,13,15,17H,6-7,10-12,14H2,1-5H3/t17-/m1/s1. The van der Waals surface area contributed by atoms with Crippen molar-refractivity contribution in [3.63, 3.8) is 0 Å². The fourth-order valence-electron chi connectivity index (χ4n) is 3.44. The summed E-state index contributed by atoms with van der Waals surface area (Å²) < 4.78 is 53.4. The summed E-state index contributed by atoms with van der Waals surface area (Å²) in [6, 6.07) is 2.93. The summed E-state index contributed by atoms with van der Waals surface area (Å²) >= 11 is 1.36. The number of benzene rings is 1. The van der Waals surface area contributed by atoms with Crippen molar-refractivity contribution in [1.29, 1.82) is 0 Å². The van der Waals surface area contributed by atoms with Crippen LogP contribution in [0, 0.1) is 0 Å². The molecular weight excluding hydrogens is 467 g/mol. The lowest BCUT2D eigenvalue weighted by Gasteiger charge is -2.15. The Bertz CT molecular complexity index is 1060. The highest BCUT2D eigenvalue weighted by molar-refractivity contribution is 7.09. The van der Waals surface area contributed by atoms with Gasteiger partial charge in [-0.25, -0.2) is 0 Å². The number of hydrogen-bond donors (Lipinski definition) is 0. The molecule has 2 aromatic rings. The van der Waals surface area contributed by atoms with Crippen LogP contribution >= 0.6 is 11.3 Å². The first-order valence-corrected chi connectivity index (χ1v) is 12.1. The summed E-state index contributed by atoms with van der Waals surface area (Å²) in [6.07, 6.45) is -0.711. The fraction of sp³-hybridized carbons (Fsp3) is 0.583. The molecule has 0 aliphatic carbocycles. The van der Waals surface area contributed by atoms with Crippen molar-refractivity contribution in [2.24, 2.45) is 4.99 Å². The average molecular weight is 500 g/mol. The zero-order valence-electron chi connectivity index (χ0n) is 20.2. The van der Waals surface area contributed by atoms with E-state index < -0.39 is 17.6 Å². The van der Waals surface area contributed by atoms with Crippen LogP contribution in [-0.2, 0) is 22.9 Å². The van der Waals surface area contributed by atoms with Crippen LogP contribution in [0.25, 0.3) is 0 Å². The van der Waals surface area contributed by atoms with E-state index in [-0.39, 0.29) is 29.4 Å². The van der Waals surface area contributed by atoms with Gasteiger partial charge in [-0.15, -0.1) is 11.3 Å². The third kappa shape index (κ3) is 6.93. The number of rotatable bonds is 7. The molecule has 0 bridgehead atoms. The topological polar surface area (TPSA) is 56.1 Å². The first-order chi connectivity index (χ1) is 15.8. The summed E-state index contributed by atoms with van der Waals surface area (Å²) in [6.45, 7) is 8.19. The van der Waals surface area contributed by atoms with E-state index >= 15 is 0 Å². The van der Waals surface area contributed by atoms with E-state index in [1.54, 1.807) is 0 Å².